The topological polar surface area (TPSA) is 85.8 Å². The highest BCUT2D eigenvalue weighted by Crippen LogP contribution is 1.88. The standard InChI is InChI=1S/C8H15N5O/c1-6(2)11-8(14)4-13-5-10-7(3-9)12-13/h5-6H,3-4,9H2,1-2H3,(H,11,14). The molecule has 6 heteroatoms. The third kappa shape index (κ3) is 3.14. The Morgan fingerprint density at radius 2 is 2.43 bits per heavy atom. The Morgan fingerprint density at radius 1 is 1.71 bits per heavy atom. The van der Waals surface area contributed by atoms with Crippen molar-refractivity contribution >= 4 is 5.91 Å². The van der Waals surface area contributed by atoms with Crippen LogP contribution in [0.5, 0.6) is 0 Å². The Hall–Kier alpha value is -1.43. The van der Waals surface area contributed by atoms with E-state index in [0.717, 1.165) is 0 Å². The number of carbonyl (C=O) groups excluding carboxylic acids is 1. The van der Waals surface area contributed by atoms with Crippen molar-refractivity contribution in [3.05, 3.63) is 12.2 Å². The summed E-state index contributed by atoms with van der Waals surface area (Å²) in [5.74, 6) is 0.468. The highest BCUT2D eigenvalue weighted by Gasteiger charge is 2.05. The van der Waals surface area contributed by atoms with Crippen LogP contribution in [0.4, 0.5) is 0 Å². The molecule has 0 aliphatic carbocycles. The SMILES string of the molecule is CC(C)NC(=O)Cn1cnc(CN)n1. The van der Waals surface area contributed by atoms with Gasteiger partial charge in [0.2, 0.25) is 5.91 Å². The Bertz CT molecular complexity index is 306. The van der Waals surface area contributed by atoms with Crippen LogP contribution in [-0.4, -0.2) is 26.7 Å². The number of amides is 1. The van der Waals surface area contributed by atoms with Crippen LogP contribution in [0.3, 0.4) is 0 Å². The zero-order valence-corrected chi connectivity index (χ0v) is 8.40. The van der Waals surface area contributed by atoms with E-state index in [4.69, 9.17) is 5.73 Å². The Kier molecular flexibility index (Phi) is 3.58. The highest BCUT2D eigenvalue weighted by atomic mass is 16.2. The minimum absolute atomic E-state index is 0.0755. The normalized spacial score (nSPS) is 10.6. The average molecular weight is 197 g/mol. The molecule has 6 nitrogen and oxygen atoms in total. The maximum absolute atomic E-state index is 11.3. The summed E-state index contributed by atoms with van der Waals surface area (Å²) in [6.07, 6.45) is 1.50. The van der Waals surface area contributed by atoms with E-state index in [0.29, 0.717) is 12.4 Å². The summed E-state index contributed by atoms with van der Waals surface area (Å²) in [5, 5.41) is 6.76. The Morgan fingerprint density at radius 3 is 2.93 bits per heavy atom. The summed E-state index contributed by atoms with van der Waals surface area (Å²) in [4.78, 5) is 15.2. The van der Waals surface area contributed by atoms with Crippen molar-refractivity contribution in [1.82, 2.24) is 20.1 Å². The largest absolute Gasteiger partial charge is 0.352 e. The summed E-state index contributed by atoms with van der Waals surface area (Å²) < 4.78 is 1.47. The molecule has 1 heterocycles. The molecule has 0 fully saturated rings. The first kappa shape index (κ1) is 10.6. The number of nitrogens with zero attached hydrogens (tertiary/aromatic N) is 3. The third-order valence-corrected chi connectivity index (χ3v) is 1.52. The van der Waals surface area contributed by atoms with Crippen molar-refractivity contribution in [2.45, 2.75) is 33.0 Å². The molecule has 1 rings (SSSR count). The molecule has 0 aromatic carbocycles. The smallest absolute Gasteiger partial charge is 0.241 e. The number of hydrogen-bond acceptors (Lipinski definition) is 4. The predicted molar refractivity (Wildman–Crippen MR) is 51.2 cm³/mol. The quantitative estimate of drug-likeness (QED) is 0.665. The van der Waals surface area contributed by atoms with Crippen LogP contribution in [0, 0.1) is 0 Å². The van der Waals surface area contributed by atoms with Crippen LogP contribution in [0.25, 0.3) is 0 Å². The summed E-state index contributed by atoms with van der Waals surface area (Å²) in [6, 6.07) is 0.139. The molecule has 0 atom stereocenters. The maximum Gasteiger partial charge on any atom is 0.241 e. The maximum atomic E-state index is 11.3. The monoisotopic (exact) mass is 197 g/mol. The van der Waals surface area contributed by atoms with E-state index in [1.165, 1.54) is 11.0 Å². The highest BCUT2D eigenvalue weighted by molar-refractivity contribution is 5.75. The molecule has 0 spiro atoms. The summed E-state index contributed by atoms with van der Waals surface area (Å²) in [7, 11) is 0. The predicted octanol–water partition coefficient (Wildman–Crippen LogP) is -0.739. The van der Waals surface area contributed by atoms with Gasteiger partial charge in [-0.2, -0.15) is 5.10 Å². The lowest BCUT2D eigenvalue weighted by molar-refractivity contribution is -0.122. The summed E-state index contributed by atoms with van der Waals surface area (Å²) in [5.41, 5.74) is 5.34. The van der Waals surface area contributed by atoms with Crippen LogP contribution < -0.4 is 11.1 Å². The lowest BCUT2D eigenvalue weighted by Gasteiger charge is -2.07. The number of carbonyl (C=O) groups is 1. The number of rotatable bonds is 4. The van der Waals surface area contributed by atoms with Crippen LogP contribution >= 0.6 is 0 Å². The number of hydrogen-bond donors (Lipinski definition) is 2. The van der Waals surface area contributed by atoms with E-state index < -0.39 is 0 Å². The molecule has 78 valence electrons. The molecule has 1 amide bonds. The molecule has 0 unspecified atom stereocenters. The third-order valence-electron chi connectivity index (χ3n) is 1.52. The van der Waals surface area contributed by atoms with Crippen molar-refractivity contribution in [3.63, 3.8) is 0 Å². The molecular formula is C8H15N5O. The molecule has 0 radical (unpaired) electrons. The molecule has 0 bridgehead atoms. The first-order valence-electron chi connectivity index (χ1n) is 4.49. The van der Waals surface area contributed by atoms with Gasteiger partial charge in [0, 0.05) is 6.04 Å². The summed E-state index contributed by atoms with van der Waals surface area (Å²) in [6.45, 7) is 4.29. The van der Waals surface area contributed by atoms with Crippen LogP contribution in [0.15, 0.2) is 6.33 Å². The van der Waals surface area contributed by atoms with E-state index >= 15 is 0 Å². The van der Waals surface area contributed by atoms with Gasteiger partial charge in [-0.1, -0.05) is 0 Å². The molecule has 14 heavy (non-hydrogen) atoms. The lowest BCUT2D eigenvalue weighted by atomic mass is 10.4. The second-order valence-corrected chi connectivity index (χ2v) is 3.28. The second kappa shape index (κ2) is 4.71. The van der Waals surface area contributed by atoms with Crippen LogP contribution in [-0.2, 0) is 17.9 Å². The average Bonchev–Trinajstić information content (AvgIpc) is 2.50. The molecule has 1 aromatic rings. The molecular weight excluding hydrogens is 182 g/mol. The molecule has 0 aliphatic heterocycles. The Balaban J connectivity index is 2.47. The van der Waals surface area contributed by atoms with Gasteiger partial charge < -0.3 is 11.1 Å². The van der Waals surface area contributed by atoms with E-state index in [1.807, 2.05) is 13.8 Å². The molecule has 3 N–H and O–H groups in total. The first-order valence-corrected chi connectivity index (χ1v) is 4.49. The van der Waals surface area contributed by atoms with Crippen LogP contribution in [0.2, 0.25) is 0 Å². The molecule has 0 saturated carbocycles. The summed E-state index contributed by atoms with van der Waals surface area (Å²) >= 11 is 0. The minimum atomic E-state index is -0.0755. The van der Waals surface area contributed by atoms with Crippen LogP contribution in [0.1, 0.15) is 19.7 Å². The van der Waals surface area contributed by atoms with Gasteiger partial charge in [-0.05, 0) is 13.8 Å². The second-order valence-electron chi connectivity index (χ2n) is 3.28. The van der Waals surface area contributed by atoms with Gasteiger partial charge in [0.05, 0.1) is 6.54 Å². The van der Waals surface area contributed by atoms with Gasteiger partial charge in [-0.3, -0.25) is 4.79 Å². The minimum Gasteiger partial charge on any atom is -0.352 e. The molecule has 0 aliphatic rings. The zero-order valence-electron chi connectivity index (χ0n) is 8.40. The van der Waals surface area contributed by atoms with E-state index in [-0.39, 0.29) is 18.5 Å². The van der Waals surface area contributed by atoms with E-state index in [1.54, 1.807) is 0 Å². The van der Waals surface area contributed by atoms with E-state index in [9.17, 15) is 4.79 Å². The van der Waals surface area contributed by atoms with Gasteiger partial charge >= 0.3 is 0 Å². The Labute approximate surface area is 82.5 Å². The number of nitrogens with two attached hydrogens (primary N) is 1. The van der Waals surface area contributed by atoms with Gasteiger partial charge in [-0.15, -0.1) is 0 Å². The molecule has 0 saturated heterocycles. The lowest BCUT2D eigenvalue weighted by Crippen LogP contribution is -2.33. The molecule has 1 aromatic heterocycles. The van der Waals surface area contributed by atoms with E-state index in [2.05, 4.69) is 15.4 Å². The number of nitrogens with one attached hydrogen (secondary N) is 1. The fourth-order valence-corrected chi connectivity index (χ4v) is 1.02. The van der Waals surface area contributed by atoms with Crippen molar-refractivity contribution in [1.29, 1.82) is 0 Å². The fourth-order valence-electron chi connectivity index (χ4n) is 1.02. The first-order chi connectivity index (χ1) is 6.61. The van der Waals surface area contributed by atoms with Gasteiger partial charge in [-0.25, -0.2) is 9.67 Å². The van der Waals surface area contributed by atoms with Gasteiger partial charge in [0.1, 0.15) is 12.9 Å². The fraction of sp³-hybridized carbons (Fsp3) is 0.625. The van der Waals surface area contributed by atoms with Crippen molar-refractivity contribution in [2.24, 2.45) is 5.73 Å². The van der Waals surface area contributed by atoms with Gasteiger partial charge in [0.15, 0.2) is 5.82 Å². The van der Waals surface area contributed by atoms with Crippen molar-refractivity contribution in [3.8, 4) is 0 Å². The number of aromatic nitrogens is 3. The van der Waals surface area contributed by atoms with Crippen molar-refractivity contribution in [2.75, 3.05) is 0 Å². The van der Waals surface area contributed by atoms with Gasteiger partial charge in [0.25, 0.3) is 0 Å². The van der Waals surface area contributed by atoms with Crippen molar-refractivity contribution < 1.29 is 4.79 Å². The zero-order chi connectivity index (χ0) is 10.6.